The van der Waals surface area contributed by atoms with Crippen molar-refractivity contribution < 1.29 is 13.2 Å². The zero-order chi connectivity index (χ0) is 18.9. The average Bonchev–Trinajstić information content (AvgIpc) is 3.23. The summed E-state index contributed by atoms with van der Waals surface area (Å²) in [6, 6.07) is 2.46. The smallest absolute Gasteiger partial charge is 0.251 e. The maximum Gasteiger partial charge on any atom is 0.251 e. The van der Waals surface area contributed by atoms with E-state index in [-0.39, 0.29) is 11.4 Å². The Morgan fingerprint density at radius 1 is 1.27 bits per heavy atom. The largest absolute Gasteiger partial charge is 0.321 e. The molecule has 0 bridgehead atoms. The van der Waals surface area contributed by atoms with E-state index in [1.165, 1.54) is 22.6 Å². The van der Waals surface area contributed by atoms with Crippen molar-refractivity contribution in [1.82, 2.24) is 19.1 Å². The molecule has 0 unspecified atom stereocenters. The van der Waals surface area contributed by atoms with Crippen LogP contribution in [0, 0.1) is 13.8 Å². The first kappa shape index (κ1) is 18.3. The highest BCUT2D eigenvalue weighted by atomic mass is 32.2. The molecule has 0 atom stereocenters. The van der Waals surface area contributed by atoms with Gasteiger partial charge in [-0.15, -0.1) is 0 Å². The summed E-state index contributed by atoms with van der Waals surface area (Å²) in [5, 5.41) is 9.45. The Bertz CT molecular complexity index is 967. The normalized spacial score (nSPS) is 15.3. The van der Waals surface area contributed by atoms with Gasteiger partial charge in [-0.3, -0.25) is 14.7 Å². The SMILES string of the molecule is Cc1n[nH]c(C)c1NC(=O)Cn1cc(S(=O)(=O)N2CCCC2)ccc1=O. The number of rotatable bonds is 5. The number of carbonyl (C=O) groups excluding carboxylic acids is 1. The predicted octanol–water partition coefficient (Wildman–Crippen LogP) is 0.611. The quantitative estimate of drug-likeness (QED) is 0.789. The fourth-order valence-electron chi connectivity index (χ4n) is 2.93. The monoisotopic (exact) mass is 379 g/mol. The second-order valence-corrected chi connectivity index (χ2v) is 8.24. The number of aromatic nitrogens is 3. The number of hydrogen-bond donors (Lipinski definition) is 2. The summed E-state index contributed by atoms with van der Waals surface area (Å²) in [5.74, 6) is -0.435. The van der Waals surface area contributed by atoms with E-state index in [0.29, 0.717) is 30.2 Å². The van der Waals surface area contributed by atoms with Gasteiger partial charge in [-0.2, -0.15) is 9.40 Å². The van der Waals surface area contributed by atoms with Gasteiger partial charge >= 0.3 is 0 Å². The summed E-state index contributed by atoms with van der Waals surface area (Å²) >= 11 is 0. The van der Waals surface area contributed by atoms with E-state index in [1.807, 2.05) is 0 Å². The number of anilines is 1. The van der Waals surface area contributed by atoms with Crippen LogP contribution in [-0.4, -0.2) is 46.5 Å². The molecular weight excluding hydrogens is 358 g/mol. The number of sulfonamides is 1. The van der Waals surface area contributed by atoms with Crippen LogP contribution in [0.3, 0.4) is 0 Å². The molecule has 9 nitrogen and oxygen atoms in total. The molecule has 2 aromatic heterocycles. The van der Waals surface area contributed by atoms with Crippen molar-refractivity contribution >= 4 is 21.6 Å². The second-order valence-electron chi connectivity index (χ2n) is 6.30. The molecule has 10 heteroatoms. The summed E-state index contributed by atoms with van der Waals surface area (Å²) in [5.41, 5.74) is 1.45. The van der Waals surface area contributed by atoms with Crippen LogP contribution in [0.25, 0.3) is 0 Å². The van der Waals surface area contributed by atoms with Crippen molar-refractivity contribution in [3.63, 3.8) is 0 Å². The highest BCUT2D eigenvalue weighted by molar-refractivity contribution is 7.89. The number of aryl methyl sites for hydroxylation is 2. The van der Waals surface area contributed by atoms with Crippen molar-refractivity contribution in [2.75, 3.05) is 18.4 Å². The molecular formula is C16H21N5O4S. The van der Waals surface area contributed by atoms with Gasteiger partial charge in [0, 0.05) is 25.4 Å². The molecule has 1 aliphatic heterocycles. The van der Waals surface area contributed by atoms with Crippen molar-refractivity contribution in [3.05, 3.63) is 40.1 Å². The molecule has 26 heavy (non-hydrogen) atoms. The number of nitrogens with one attached hydrogen (secondary N) is 2. The van der Waals surface area contributed by atoms with Crippen LogP contribution in [0.5, 0.6) is 0 Å². The Morgan fingerprint density at radius 2 is 1.96 bits per heavy atom. The van der Waals surface area contributed by atoms with Gasteiger partial charge in [0.1, 0.15) is 6.54 Å². The lowest BCUT2D eigenvalue weighted by Crippen LogP contribution is -2.31. The lowest BCUT2D eigenvalue weighted by atomic mass is 10.3. The van der Waals surface area contributed by atoms with Gasteiger partial charge in [0.25, 0.3) is 5.56 Å². The average molecular weight is 379 g/mol. The number of aromatic amines is 1. The third-order valence-corrected chi connectivity index (χ3v) is 6.25. The van der Waals surface area contributed by atoms with Gasteiger partial charge in [0.2, 0.25) is 15.9 Å². The maximum atomic E-state index is 12.6. The predicted molar refractivity (Wildman–Crippen MR) is 95.4 cm³/mol. The molecule has 140 valence electrons. The third kappa shape index (κ3) is 3.56. The zero-order valence-corrected chi connectivity index (χ0v) is 15.5. The van der Waals surface area contributed by atoms with Crippen LogP contribution in [0.4, 0.5) is 5.69 Å². The molecule has 1 aliphatic rings. The third-order valence-electron chi connectivity index (χ3n) is 4.37. The molecule has 2 N–H and O–H groups in total. The highest BCUT2D eigenvalue weighted by Gasteiger charge is 2.27. The van der Waals surface area contributed by atoms with Gasteiger partial charge in [-0.25, -0.2) is 8.42 Å². The fourth-order valence-corrected chi connectivity index (χ4v) is 4.47. The van der Waals surface area contributed by atoms with Crippen LogP contribution < -0.4 is 10.9 Å². The lowest BCUT2D eigenvalue weighted by Gasteiger charge is -2.16. The van der Waals surface area contributed by atoms with Crippen LogP contribution in [0.15, 0.2) is 28.0 Å². The van der Waals surface area contributed by atoms with E-state index in [4.69, 9.17) is 0 Å². The number of pyridine rings is 1. The molecule has 0 aliphatic carbocycles. The maximum absolute atomic E-state index is 12.6. The first-order chi connectivity index (χ1) is 12.3. The van der Waals surface area contributed by atoms with E-state index in [1.54, 1.807) is 13.8 Å². The number of amides is 1. The van der Waals surface area contributed by atoms with Crippen LogP contribution in [0.1, 0.15) is 24.2 Å². The Labute approximate surface area is 151 Å². The van der Waals surface area contributed by atoms with E-state index < -0.39 is 21.5 Å². The van der Waals surface area contributed by atoms with Gasteiger partial charge in [0.05, 0.1) is 22.0 Å². The molecule has 0 spiro atoms. The minimum atomic E-state index is -3.65. The van der Waals surface area contributed by atoms with Crippen molar-refractivity contribution in [2.45, 2.75) is 38.1 Å². The highest BCUT2D eigenvalue weighted by Crippen LogP contribution is 2.20. The number of carbonyl (C=O) groups is 1. The molecule has 1 amide bonds. The molecule has 3 rings (SSSR count). The number of nitrogens with zero attached hydrogens (tertiary/aromatic N) is 3. The minimum Gasteiger partial charge on any atom is -0.321 e. The van der Waals surface area contributed by atoms with E-state index >= 15 is 0 Å². The van der Waals surface area contributed by atoms with Gasteiger partial charge in [-0.05, 0) is 32.8 Å². The summed E-state index contributed by atoms with van der Waals surface area (Å²) in [6.45, 7) is 4.17. The number of H-pyrrole nitrogens is 1. The fraction of sp³-hybridized carbons (Fsp3) is 0.438. The van der Waals surface area contributed by atoms with Gasteiger partial charge in [-0.1, -0.05) is 0 Å². The van der Waals surface area contributed by atoms with E-state index in [0.717, 1.165) is 17.4 Å². The summed E-state index contributed by atoms with van der Waals surface area (Å²) in [7, 11) is -3.65. The standard InChI is InChI=1S/C16H21N5O4S/c1-11-16(12(2)19-18-11)17-14(22)10-20-9-13(5-6-15(20)23)26(24,25)21-7-3-4-8-21/h5-6,9H,3-4,7-8,10H2,1-2H3,(H,17,22)(H,18,19). The summed E-state index contributed by atoms with van der Waals surface area (Å²) in [6.07, 6.45) is 2.88. The zero-order valence-electron chi connectivity index (χ0n) is 14.7. The Hall–Kier alpha value is -2.46. The molecule has 2 aromatic rings. The summed E-state index contributed by atoms with van der Waals surface area (Å²) < 4.78 is 27.8. The molecule has 0 aromatic carbocycles. The molecule has 1 fully saturated rings. The Morgan fingerprint density at radius 3 is 2.58 bits per heavy atom. The molecule has 1 saturated heterocycles. The first-order valence-corrected chi connectivity index (χ1v) is 9.75. The van der Waals surface area contributed by atoms with Gasteiger partial charge < -0.3 is 9.88 Å². The van der Waals surface area contributed by atoms with Crippen molar-refractivity contribution in [1.29, 1.82) is 0 Å². The first-order valence-electron chi connectivity index (χ1n) is 8.31. The van der Waals surface area contributed by atoms with E-state index in [9.17, 15) is 18.0 Å². The summed E-state index contributed by atoms with van der Waals surface area (Å²) in [4.78, 5) is 24.3. The Balaban J connectivity index is 1.82. The van der Waals surface area contributed by atoms with Crippen LogP contribution in [0.2, 0.25) is 0 Å². The second kappa shape index (κ2) is 7.04. The Kier molecular flexibility index (Phi) is 4.97. The van der Waals surface area contributed by atoms with Crippen molar-refractivity contribution in [3.8, 4) is 0 Å². The van der Waals surface area contributed by atoms with Crippen LogP contribution >= 0.6 is 0 Å². The molecule has 3 heterocycles. The number of hydrogen-bond acceptors (Lipinski definition) is 5. The van der Waals surface area contributed by atoms with Crippen molar-refractivity contribution in [2.24, 2.45) is 0 Å². The minimum absolute atomic E-state index is 0.0162. The lowest BCUT2D eigenvalue weighted by molar-refractivity contribution is -0.116. The molecule has 0 saturated carbocycles. The van der Waals surface area contributed by atoms with E-state index in [2.05, 4.69) is 15.5 Å². The van der Waals surface area contributed by atoms with Crippen LogP contribution in [-0.2, 0) is 21.4 Å². The molecule has 0 radical (unpaired) electrons. The van der Waals surface area contributed by atoms with Gasteiger partial charge in [0.15, 0.2) is 0 Å². The topological polar surface area (TPSA) is 117 Å².